The summed E-state index contributed by atoms with van der Waals surface area (Å²) in [6.07, 6.45) is 2.25. The maximum absolute atomic E-state index is 11.6. The molecule has 1 aliphatic rings. The molecular formula is C16H24ClIN4O3. The van der Waals surface area contributed by atoms with Crippen LogP contribution in [0.1, 0.15) is 40.0 Å². The van der Waals surface area contributed by atoms with E-state index in [4.69, 9.17) is 21.1 Å². The first-order valence-electron chi connectivity index (χ1n) is 8.21. The molecule has 0 spiro atoms. The van der Waals surface area contributed by atoms with Crippen molar-refractivity contribution in [3.63, 3.8) is 0 Å². The number of halogens is 2. The molecule has 0 radical (unpaired) electrons. The second-order valence-electron chi connectivity index (χ2n) is 7.05. The molecule has 25 heavy (non-hydrogen) atoms. The molecule has 1 aliphatic carbocycles. The molecule has 9 heteroatoms. The lowest BCUT2D eigenvalue weighted by Crippen LogP contribution is -2.26. The maximum atomic E-state index is 11.6. The van der Waals surface area contributed by atoms with Gasteiger partial charge in [-0.15, -0.1) is 0 Å². The Morgan fingerprint density at radius 2 is 2.08 bits per heavy atom. The van der Waals surface area contributed by atoms with E-state index in [9.17, 15) is 4.79 Å². The minimum Gasteiger partial charge on any atom is -0.434 e. The number of rotatable bonds is 5. The molecule has 0 bridgehead atoms. The van der Waals surface area contributed by atoms with Gasteiger partial charge in [-0.3, -0.25) is 0 Å². The summed E-state index contributed by atoms with van der Waals surface area (Å²) in [6.45, 7) is 5.82. The standard InChI is InChI=1S/C16H24ClIN4O3/c1-16(2,3)25-15(23)24-8-9-5-6-10(7-9)20-13-11(18)12(17)21-14(19-4)22-13/h9-10H,5-8H2,1-4H3,(H2,19,20,21,22)/t9-,10+/m1/s1. The van der Waals surface area contributed by atoms with Gasteiger partial charge in [0.05, 0.1) is 10.2 Å². The highest BCUT2D eigenvalue weighted by atomic mass is 127. The number of hydrogen-bond donors (Lipinski definition) is 2. The van der Waals surface area contributed by atoms with Crippen LogP contribution in [0.3, 0.4) is 0 Å². The van der Waals surface area contributed by atoms with Gasteiger partial charge in [0.15, 0.2) is 0 Å². The van der Waals surface area contributed by atoms with Crippen molar-refractivity contribution in [3.05, 3.63) is 8.72 Å². The molecule has 2 N–H and O–H groups in total. The average molecular weight is 483 g/mol. The molecule has 0 aliphatic heterocycles. The molecule has 1 aromatic rings. The van der Waals surface area contributed by atoms with E-state index in [1.807, 2.05) is 20.8 Å². The molecule has 1 saturated carbocycles. The normalized spacial score (nSPS) is 20.2. The van der Waals surface area contributed by atoms with Gasteiger partial charge in [-0.1, -0.05) is 11.6 Å². The molecule has 1 heterocycles. The van der Waals surface area contributed by atoms with Crippen LogP contribution < -0.4 is 10.6 Å². The van der Waals surface area contributed by atoms with Crippen LogP contribution >= 0.6 is 34.2 Å². The van der Waals surface area contributed by atoms with Gasteiger partial charge >= 0.3 is 6.16 Å². The Bertz CT molecular complexity index is 624. The molecule has 140 valence electrons. The van der Waals surface area contributed by atoms with Gasteiger partial charge in [0.25, 0.3) is 0 Å². The largest absolute Gasteiger partial charge is 0.508 e. The highest BCUT2D eigenvalue weighted by Gasteiger charge is 2.28. The zero-order valence-corrected chi connectivity index (χ0v) is 17.8. The number of nitrogens with zero attached hydrogens (tertiary/aromatic N) is 2. The van der Waals surface area contributed by atoms with Crippen LogP contribution in [0, 0.1) is 9.49 Å². The number of ether oxygens (including phenoxy) is 2. The summed E-state index contributed by atoms with van der Waals surface area (Å²) in [5.74, 6) is 1.52. The second kappa shape index (κ2) is 8.57. The first-order valence-corrected chi connectivity index (χ1v) is 9.66. The molecule has 0 unspecified atom stereocenters. The van der Waals surface area contributed by atoms with E-state index in [2.05, 4.69) is 43.2 Å². The quantitative estimate of drug-likeness (QED) is 0.367. The minimum atomic E-state index is -0.611. The van der Waals surface area contributed by atoms with Gasteiger partial charge < -0.3 is 20.1 Å². The first-order chi connectivity index (χ1) is 11.7. The number of aromatic nitrogens is 2. The SMILES string of the molecule is CNc1nc(Cl)c(I)c(N[C@H]2CC[C@@H](COC(=O)OC(C)(C)C)C2)n1. The Labute approximate surface area is 166 Å². The molecule has 7 nitrogen and oxygen atoms in total. The van der Waals surface area contributed by atoms with E-state index in [1.165, 1.54) is 0 Å². The molecule has 0 aromatic carbocycles. The van der Waals surface area contributed by atoms with E-state index in [1.54, 1.807) is 7.05 Å². The van der Waals surface area contributed by atoms with Crippen LogP contribution in [-0.2, 0) is 9.47 Å². The maximum Gasteiger partial charge on any atom is 0.508 e. The predicted molar refractivity (Wildman–Crippen MR) is 106 cm³/mol. The summed E-state index contributed by atoms with van der Waals surface area (Å²) >= 11 is 8.27. The summed E-state index contributed by atoms with van der Waals surface area (Å²) in [4.78, 5) is 20.2. The van der Waals surface area contributed by atoms with E-state index >= 15 is 0 Å². The number of hydrogen-bond acceptors (Lipinski definition) is 7. The van der Waals surface area contributed by atoms with E-state index in [-0.39, 0.29) is 6.04 Å². The van der Waals surface area contributed by atoms with Gasteiger partial charge in [0.2, 0.25) is 5.95 Å². The monoisotopic (exact) mass is 482 g/mol. The zero-order chi connectivity index (χ0) is 18.6. The van der Waals surface area contributed by atoms with Crippen molar-refractivity contribution < 1.29 is 14.3 Å². The third kappa shape index (κ3) is 6.32. The van der Waals surface area contributed by atoms with Gasteiger partial charge in [-0.2, -0.15) is 9.97 Å². The topological polar surface area (TPSA) is 85.4 Å². The molecule has 1 fully saturated rings. The Morgan fingerprint density at radius 3 is 2.72 bits per heavy atom. The highest BCUT2D eigenvalue weighted by Crippen LogP contribution is 2.31. The highest BCUT2D eigenvalue weighted by molar-refractivity contribution is 14.1. The number of carbonyl (C=O) groups excluding carboxylic acids is 1. The number of carbonyl (C=O) groups is 1. The lowest BCUT2D eigenvalue weighted by atomic mass is 10.1. The molecule has 2 atom stereocenters. The fourth-order valence-electron chi connectivity index (χ4n) is 2.64. The summed E-state index contributed by atoms with van der Waals surface area (Å²) < 4.78 is 11.2. The number of nitrogens with one attached hydrogen (secondary N) is 2. The Kier molecular flexibility index (Phi) is 6.95. The molecule has 2 rings (SSSR count). The van der Waals surface area contributed by atoms with Crippen LogP contribution in [0.15, 0.2) is 0 Å². The van der Waals surface area contributed by atoms with Crippen LogP contribution in [-0.4, -0.2) is 41.4 Å². The third-order valence-electron chi connectivity index (χ3n) is 3.74. The van der Waals surface area contributed by atoms with Gasteiger partial charge in [0, 0.05) is 13.1 Å². The third-order valence-corrected chi connectivity index (χ3v) is 5.36. The van der Waals surface area contributed by atoms with Gasteiger partial charge in [-0.05, 0) is 68.5 Å². The second-order valence-corrected chi connectivity index (χ2v) is 8.48. The van der Waals surface area contributed by atoms with E-state index in [0.717, 1.165) is 28.7 Å². The summed E-state index contributed by atoms with van der Waals surface area (Å²) in [5.41, 5.74) is -0.537. The fraction of sp³-hybridized carbons (Fsp3) is 0.688. The van der Waals surface area contributed by atoms with Crippen molar-refractivity contribution in [1.82, 2.24) is 9.97 Å². The fourth-order valence-corrected chi connectivity index (χ4v) is 3.21. The Balaban J connectivity index is 1.85. The Hall–Kier alpha value is -1.03. The Morgan fingerprint density at radius 1 is 1.36 bits per heavy atom. The first kappa shape index (κ1) is 20.3. The zero-order valence-electron chi connectivity index (χ0n) is 14.9. The lowest BCUT2D eigenvalue weighted by Gasteiger charge is -2.20. The van der Waals surface area contributed by atoms with Crippen LogP contribution in [0.2, 0.25) is 5.15 Å². The van der Waals surface area contributed by atoms with Crippen LogP contribution in [0.25, 0.3) is 0 Å². The lowest BCUT2D eigenvalue weighted by molar-refractivity contribution is -0.0128. The number of anilines is 2. The van der Waals surface area contributed by atoms with Crippen LogP contribution in [0.4, 0.5) is 16.6 Å². The van der Waals surface area contributed by atoms with Crippen molar-refractivity contribution in [2.75, 3.05) is 24.3 Å². The smallest absolute Gasteiger partial charge is 0.434 e. The summed E-state index contributed by atoms with van der Waals surface area (Å²) in [6, 6.07) is 0.261. The average Bonchev–Trinajstić information content (AvgIpc) is 2.95. The molecule has 0 saturated heterocycles. The summed E-state index contributed by atoms with van der Waals surface area (Å²) in [5, 5.41) is 6.75. The molecular weight excluding hydrogens is 459 g/mol. The predicted octanol–water partition coefficient (Wildman–Crippen LogP) is 4.31. The van der Waals surface area contributed by atoms with Crippen molar-refractivity contribution in [2.24, 2.45) is 5.92 Å². The minimum absolute atomic E-state index is 0.261. The van der Waals surface area contributed by atoms with Gasteiger partial charge in [0.1, 0.15) is 16.6 Å². The van der Waals surface area contributed by atoms with Crippen molar-refractivity contribution in [3.8, 4) is 0 Å². The molecule has 1 aromatic heterocycles. The van der Waals surface area contributed by atoms with Crippen LogP contribution in [0.5, 0.6) is 0 Å². The van der Waals surface area contributed by atoms with Crippen molar-refractivity contribution in [2.45, 2.75) is 51.7 Å². The van der Waals surface area contributed by atoms with E-state index in [0.29, 0.717) is 23.6 Å². The van der Waals surface area contributed by atoms with Crippen molar-refractivity contribution >= 4 is 52.1 Å². The molecule has 0 amide bonds. The summed E-state index contributed by atoms with van der Waals surface area (Å²) in [7, 11) is 1.75. The van der Waals surface area contributed by atoms with Gasteiger partial charge in [-0.25, -0.2) is 4.79 Å². The van der Waals surface area contributed by atoms with Crippen molar-refractivity contribution in [1.29, 1.82) is 0 Å². The van der Waals surface area contributed by atoms with E-state index < -0.39 is 11.8 Å².